The first-order valence-electron chi connectivity index (χ1n) is 7.31. The third-order valence-electron chi connectivity index (χ3n) is 4.44. The molecule has 1 fully saturated rings. The zero-order chi connectivity index (χ0) is 14.8. The second-order valence-corrected chi connectivity index (χ2v) is 7.33. The van der Waals surface area contributed by atoms with Crippen LogP contribution in [0.4, 0.5) is 11.4 Å². The second-order valence-electron chi connectivity index (χ2n) is 6.94. The summed E-state index contributed by atoms with van der Waals surface area (Å²) in [6.07, 6.45) is 0.977. The number of fused-ring (bicyclic) bond motifs is 4. The number of anilines is 2. The molecule has 0 aliphatic carbocycles. The molecule has 0 saturated carbocycles. The van der Waals surface area contributed by atoms with Gasteiger partial charge in [-0.05, 0) is 55.9 Å². The van der Waals surface area contributed by atoms with Crippen molar-refractivity contribution < 1.29 is 0 Å². The van der Waals surface area contributed by atoms with Crippen molar-refractivity contribution in [2.75, 3.05) is 10.2 Å². The van der Waals surface area contributed by atoms with Gasteiger partial charge in [0.15, 0.2) is 5.11 Å². The molecule has 1 atom stereocenters. The molecule has 2 heterocycles. The van der Waals surface area contributed by atoms with Crippen LogP contribution in [0, 0.1) is 0 Å². The summed E-state index contributed by atoms with van der Waals surface area (Å²) in [5.41, 5.74) is 2.17. The molecule has 2 aromatic rings. The first-order valence-corrected chi connectivity index (χ1v) is 7.72. The van der Waals surface area contributed by atoms with Crippen LogP contribution in [0.2, 0.25) is 0 Å². The third-order valence-corrected chi connectivity index (χ3v) is 4.72. The molecule has 1 saturated heterocycles. The SMILES string of the molecule is CC1(C)CC2(C)Nc3cc4ccccc4cc3N2C(=S)N1. The zero-order valence-electron chi connectivity index (χ0n) is 12.5. The van der Waals surface area contributed by atoms with E-state index < -0.39 is 0 Å². The molecule has 2 aliphatic heterocycles. The second kappa shape index (κ2) is 3.89. The molecule has 1 unspecified atom stereocenters. The van der Waals surface area contributed by atoms with Crippen LogP contribution in [0.3, 0.4) is 0 Å². The van der Waals surface area contributed by atoms with E-state index in [4.69, 9.17) is 12.2 Å². The summed E-state index contributed by atoms with van der Waals surface area (Å²) in [7, 11) is 0. The molecule has 4 rings (SSSR count). The largest absolute Gasteiger partial charge is 0.361 e. The number of thiocarbonyl (C=S) groups is 1. The molecule has 108 valence electrons. The van der Waals surface area contributed by atoms with Crippen LogP contribution in [0.1, 0.15) is 27.2 Å². The summed E-state index contributed by atoms with van der Waals surface area (Å²) in [6, 6.07) is 12.9. The molecule has 0 aromatic heterocycles. The molecule has 4 heteroatoms. The Bertz CT molecular complexity index is 768. The zero-order valence-corrected chi connectivity index (χ0v) is 13.3. The van der Waals surface area contributed by atoms with E-state index in [1.165, 1.54) is 16.5 Å². The van der Waals surface area contributed by atoms with Crippen molar-refractivity contribution in [3.05, 3.63) is 36.4 Å². The molecule has 0 amide bonds. The van der Waals surface area contributed by atoms with E-state index in [1.54, 1.807) is 0 Å². The predicted octanol–water partition coefficient (Wildman–Crippen LogP) is 3.84. The molecule has 0 bridgehead atoms. The Morgan fingerprint density at radius 3 is 2.43 bits per heavy atom. The van der Waals surface area contributed by atoms with Gasteiger partial charge < -0.3 is 10.6 Å². The normalized spacial score (nSPS) is 26.0. The minimum absolute atomic E-state index is 0.00318. The number of rotatable bonds is 0. The van der Waals surface area contributed by atoms with Crippen molar-refractivity contribution in [3.8, 4) is 0 Å². The maximum Gasteiger partial charge on any atom is 0.175 e. The van der Waals surface area contributed by atoms with Crippen LogP contribution in [0.25, 0.3) is 10.8 Å². The van der Waals surface area contributed by atoms with Gasteiger partial charge in [-0.15, -0.1) is 0 Å². The van der Waals surface area contributed by atoms with E-state index in [0.29, 0.717) is 0 Å². The van der Waals surface area contributed by atoms with Gasteiger partial charge in [0.05, 0.1) is 11.4 Å². The Morgan fingerprint density at radius 2 is 1.71 bits per heavy atom. The van der Waals surface area contributed by atoms with Gasteiger partial charge in [0.2, 0.25) is 0 Å². The van der Waals surface area contributed by atoms with E-state index >= 15 is 0 Å². The van der Waals surface area contributed by atoms with Gasteiger partial charge in [0.1, 0.15) is 5.66 Å². The fourth-order valence-electron chi connectivity index (χ4n) is 3.83. The van der Waals surface area contributed by atoms with Crippen LogP contribution in [0.15, 0.2) is 36.4 Å². The Balaban J connectivity index is 1.90. The smallest absolute Gasteiger partial charge is 0.175 e. The molecule has 2 aliphatic rings. The third kappa shape index (κ3) is 1.82. The quantitative estimate of drug-likeness (QED) is 0.722. The fraction of sp³-hybridized carbons (Fsp3) is 0.353. The van der Waals surface area contributed by atoms with Crippen molar-refractivity contribution in [1.82, 2.24) is 5.32 Å². The fourth-order valence-corrected chi connectivity index (χ4v) is 4.41. The Morgan fingerprint density at radius 1 is 1.05 bits per heavy atom. The van der Waals surface area contributed by atoms with Crippen LogP contribution < -0.4 is 15.5 Å². The molecule has 21 heavy (non-hydrogen) atoms. The van der Waals surface area contributed by atoms with Crippen LogP contribution in [-0.4, -0.2) is 16.3 Å². The van der Waals surface area contributed by atoms with Gasteiger partial charge in [0.25, 0.3) is 0 Å². The van der Waals surface area contributed by atoms with Gasteiger partial charge in [-0.2, -0.15) is 0 Å². The summed E-state index contributed by atoms with van der Waals surface area (Å²) in [6.45, 7) is 6.62. The lowest BCUT2D eigenvalue weighted by atomic mass is 9.89. The van der Waals surface area contributed by atoms with E-state index in [1.807, 2.05) is 0 Å². The lowest BCUT2D eigenvalue weighted by Gasteiger charge is -2.48. The highest BCUT2D eigenvalue weighted by Gasteiger charge is 2.49. The van der Waals surface area contributed by atoms with Crippen LogP contribution >= 0.6 is 12.2 Å². The van der Waals surface area contributed by atoms with Crippen LogP contribution in [0.5, 0.6) is 0 Å². The van der Waals surface area contributed by atoms with E-state index in [0.717, 1.165) is 17.2 Å². The van der Waals surface area contributed by atoms with E-state index in [2.05, 4.69) is 72.7 Å². The summed E-state index contributed by atoms with van der Waals surface area (Å²) in [5, 5.41) is 10.4. The molecule has 0 radical (unpaired) electrons. The highest BCUT2D eigenvalue weighted by atomic mass is 32.1. The summed E-state index contributed by atoms with van der Waals surface area (Å²) in [4.78, 5) is 2.23. The number of hydrogen-bond donors (Lipinski definition) is 2. The lowest BCUT2D eigenvalue weighted by Crippen LogP contribution is -2.67. The van der Waals surface area contributed by atoms with Crippen LogP contribution in [-0.2, 0) is 0 Å². The number of nitrogens with zero attached hydrogens (tertiary/aromatic N) is 1. The van der Waals surface area contributed by atoms with E-state index in [9.17, 15) is 0 Å². The van der Waals surface area contributed by atoms with Crippen molar-refractivity contribution in [2.45, 2.75) is 38.4 Å². The molecule has 0 spiro atoms. The van der Waals surface area contributed by atoms with Gasteiger partial charge in [-0.3, -0.25) is 4.90 Å². The number of hydrogen-bond acceptors (Lipinski definition) is 2. The molecular weight excluding hydrogens is 278 g/mol. The molecule has 2 aromatic carbocycles. The van der Waals surface area contributed by atoms with E-state index in [-0.39, 0.29) is 11.2 Å². The Hall–Kier alpha value is -1.81. The number of nitrogens with one attached hydrogen (secondary N) is 2. The van der Waals surface area contributed by atoms with Gasteiger partial charge in [-0.25, -0.2) is 0 Å². The van der Waals surface area contributed by atoms with Gasteiger partial charge >= 0.3 is 0 Å². The first-order chi connectivity index (χ1) is 9.88. The maximum absolute atomic E-state index is 5.64. The lowest BCUT2D eigenvalue weighted by molar-refractivity contribution is 0.310. The monoisotopic (exact) mass is 297 g/mol. The standard InChI is InChI=1S/C17H19N3S/c1-16(2)10-17(3)18-13-8-11-6-4-5-7-12(11)9-14(13)20(17)15(21)19-16/h4-9,18H,10H2,1-3H3,(H,19,21). The van der Waals surface area contributed by atoms with Gasteiger partial charge in [-0.1, -0.05) is 24.3 Å². The highest BCUT2D eigenvalue weighted by molar-refractivity contribution is 7.80. The molecule has 3 nitrogen and oxygen atoms in total. The minimum Gasteiger partial charge on any atom is -0.361 e. The molecule has 2 N–H and O–H groups in total. The Kier molecular flexibility index (Phi) is 2.39. The summed E-state index contributed by atoms with van der Waals surface area (Å²) in [5.74, 6) is 0. The van der Waals surface area contributed by atoms with Crippen molar-refractivity contribution in [1.29, 1.82) is 0 Å². The maximum atomic E-state index is 5.64. The average Bonchev–Trinajstić information content (AvgIpc) is 2.64. The van der Waals surface area contributed by atoms with Crippen molar-refractivity contribution >= 4 is 39.5 Å². The minimum atomic E-state index is -0.161. The average molecular weight is 297 g/mol. The first kappa shape index (κ1) is 12.9. The Labute approximate surface area is 130 Å². The van der Waals surface area contributed by atoms with Crippen molar-refractivity contribution in [3.63, 3.8) is 0 Å². The molecular formula is C17H19N3S. The highest BCUT2D eigenvalue weighted by Crippen LogP contribution is 2.46. The topological polar surface area (TPSA) is 27.3 Å². The van der Waals surface area contributed by atoms with Gasteiger partial charge in [0, 0.05) is 12.0 Å². The van der Waals surface area contributed by atoms with Crippen molar-refractivity contribution in [2.24, 2.45) is 0 Å². The number of benzene rings is 2. The summed E-state index contributed by atoms with van der Waals surface area (Å²) >= 11 is 5.64. The predicted molar refractivity (Wildman–Crippen MR) is 92.9 cm³/mol. The summed E-state index contributed by atoms with van der Waals surface area (Å²) < 4.78 is 0.